The summed E-state index contributed by atoms with van der Waals surface area (Å²) < 4.78 is 11.8. The van der Waals surface area contributed by atoms with Crippen LogP contribution in [0.3, 0.4) is 0 Å². The molecule has 35 heavy (non-hydrogen) atoms. The molecular formula is C27H31N3O4S. The van der Waals surface area contributed by atoms with Crippen LogP contribution in [0.15, 0.2) is 40.5 Å². The number of methoxy groups -OCH3 is 1. The molecule has 4 rings (SSSR count). The zero-order chi connectivity index (χ0) is 25.5. The van der Waals surface area contributed by atoms with E-state index >= 15 is 0 Å². The minimum atomic E-state index is -0.529. The lowest BCUT2D eigenvalue weighted by atomic mass is 9.95. The van der Waals surface area contributed by atoms with E-state index in [9.17, 15) is 9.59 Å². The monoisotopic (exact) mass is 493 g/mol. The van der Waals surface area contributed by atoms with Gasteiger partial charge in [-0.25, -0.2) is 9.78 Å². The Bertz CT molecular complexity index is 1450. The molecule has 1 amide bonds. The third-order valence-electron chi connectivity index (χ3n) is 5.94. The summed E-state index contributed by atoms with van der Waals surface area (Å²) in [6.45, 7) is 10.1. The first kappa shape index (κ1) is 24.7. The van der Waals surface area contributed by atoms with E-state index in [1.54, 1.807) is 19.1 Å². The lowest BCUT2D eigenvalue weighted by molar-refractivity contribution is 0.0291. The summed E-state index contributed by atoms with van der Waals surface area (Å²) in [6.07, 6.45) is -0.336. The van der Waals surface area contributed by atoms with E-state index < -0.39 is 5.60 Å². The summed E-state index contributed by atoms with van der Waals surface area (Å²) in [4.78, 5) is 34.2. The van der Waals surface area contributed by atoms with Crippen LogP contribution < -0.4 is 10.3 Å². The lowest BCUT2D eigenvalue weighted by Crippen LogP contribution is -2.36. The predicted octanol–water partition coefficient (Wildman–Crippen LogP) is 6.09. The zero-order valence-corrected chi connectivity index (χ0v) is 22.0. The van der Waals surface area contributed by atoms with Crippen LogP contribution in [0.5, 0.6) is 5.88 Å². The van der Waals surface area contributed by atoms with Gasteiger partial charge in [-0.2, -0.15) is 0 Å². The molecule has 0 saturated carbocycles. The molecule has 0 radical (unpaired) electrons. The average molecular weight is 494 g/mol. The molecule has 0 bridgehead atoms. The lowest BCUT2D eigenvalue weighted by Gasteiger charge is -2.26. The molecule has 0 aliphatic heterocycles. The third-order valence-corrected chi connectivity index (χ3v) is 6.85. The van der Waals surface area contributed by atoms with Gasteiger partial charge < -0.3 is 19.4 Å². The SMILES string of the molecule is COc1nc(C)c2[nH]c(=O)c3sccc3c2c1-c1ccc([C@@H](C)CN(C)C(=O)OC(C)(C)C)cc1. The van der Waals surface area contributed by atoms with E-state index in [1.165, 1.54) is 11.3 Å². The van der Waals surface area contributed by atoms with E-state index in [4.69, 9.17) is 9.47 Å². The number of carbonyl (C=O) groups is 1. The van der Waals surface area contributed by atoms with E-state index in [1.807, 2.05) is 51.3 Å². The molecule has 0 spiro atoms. The highest BCUT2D eigenvalue weighted by molar-refractivity contribution is 7.17. The molecule has 1 atom stereocenters. The Balaban J connectivity index is 1.72. The Morgan fingerprint density at radius 2 is 1.89 bits per heavy atom. The number of ether oxygens (including phenoxy) is 2. The number of amides is 1. The van der Waals surface area contributed by atoms with Crippen molar-refractivity contribution in [1.82, 2.24) is 14.9 Å². The van der Waals surface area contributed by atoms with Crippen molar-refractivity contribution in [3.63, 3.8) is 0 Å². The summed E-state index contributed by atoms with van der Waals surface area (Å²) in [6, 6.07) is 10.2. The molecule has 8 heteroatoms. The Morgan fingerprint density at radius 3 is 2.51 bits per heavy atom. The minimum absolute atomic E-state index is 0.108. The summed E-state index contributed by atoms with van der Waals surface area (Å²) in [5, 5.41) is 3.75. The molecule has 3 heterocycles. The van der Waals surface area contributed by atoms with Crippen molar-refractivity contribution in [2.75, 3.05) is 20.7 Å². The van der Waals surface area contributed by atoms with Gasteiger partial charge in [-0.1, -0.05) is 31.2 Å². The maximum Gasteiger partial charge on any atom is 0.410 e. The van der Waals surface area contributed by atoms with Crippen LogP contribution in [0.25, 0.3) is 32.1 Å². The van der Waals surface area contributed by atoms with Crippen molar-refractivity contribution < 1.29 is 14.3 Å². The van der Waals surface area contributed by atoms with Gasteiger partial charge in [0, 0.05) is 24.4 Å². The first-order valence-corrected chi connectivity index (χ1v) is 12.4. The number of pyridine rings is 2. The van der Waals surface area contributed by atoms with E-state index in [-0.39, 0.29) is 17.6 Å². The molecule has 0 saturated heterocycles. The van der Waals surface area contributed by atoms with Crippen LogP contribution >= 0.6 is 11.3 Å². The van der Waals surface area contributed by atoms with Crippen LogP contribution in [0.1, 0.15) is 44.9 Å². The minimum Gasteiger partial charge on any atom is -0.481 e. The number of benzene rings is 1. The number of fused-ring (bicyclic) bond motifs is 3. The Hall–Kier alpha value is -3.39. The highest BCUT2D eigenvalue weighted by Crippen LogP contribution is 2.40. The second-order valence-electron chi connectivity index (χ2n) is 9.83. The molecule has 0 aliphatic carbocycles. The molecule has 7 nitrogen and oxygen atoms in total. The van der Waals surface area contributed by atoms with Crippen molar-refractivity contribution in [3.05, 3.63) is 57.3 Å². The molecule has 4 aromatic rings. The Labute approximate surface area is 208 Å². The molecule has 0 unspecified atom stereocenters. The fourth-order valence-corrected chi connectivity index (χ4v) is 5.07. The molecule has 1 aromatic carbocycles. The van der Waals surface area contributed by atoms with Gasteiger partial charge in [0.05, 0.1) is 23.9 Å². The van der Waals surface area contributed by atoms with Gasteiger partial charge >= 0.3 is 6.09 Å². The summed E-state index contributed by atoms with van der Waals surface area (Å²) in [5.74, 6) is 0.622. The van der Waals surface area contributed by atoms with Gasteiger partial charge in [-0.05, 0) is 56.2 Å². The Morgan fingerprint density at radius 1 is 1.20 bits per heavy atom. The highest BCUT2D eigenvalue weighted by Gasteiger charge is 2.22. The standard InChI is InChI=1S/C27H31N3O4S/c1-15(14-30(6)26(32)34-27(3,4)5)17-8-10-18(11-9-17)20-21-19-12-13-35-23(19)24(31)29-22(21)16(2)28-25(20)33-7/h8-13,15H,14H2,1-7H3,(H,29,31)/t15-/m0/s1. The Kier molecular flexibility index (Phi) is 6.60. The van der Waals surface area contributed by atoms with Crippen LogP contribution in [-0.4, -0.2) is 47.3 Å². The first-order chi connectivity index (χ1) is 16.5. The molecular weight excluding hydrogens is 462 g/mol. The summed E-state index contributed by atoms with van der Waals surface area (Å²) in [7, 11) is 3.36. The normalized spacial score (nSPS) is 12.7. The summed E-state index contributed by atoms with van der Waals surface area (Å²) in [5.41, 5.74) is 3.67. The van der Waals surface area contributed by atoms with Gasteiger partial charge in [-0.15, -0.1) is 11.3 Å². The average Bonchev–Trinajstić information content (AvgIpc) is 3.29. The number of rotatable bonds is 5. The number of aromatic nitrogens is 2. The van der Waals surface area contributed by atoms with Crippen molar-refractivity contribution in [2.45, 2.75) is 46.1 Å². The number of nitrogens with one attached hydrogen (secondary N) is 1. The second-order valence-corrected chi connectivity index (χ2v) is 10.7. The summed E-state index contributed by atoms with van der Waals surface area (Å²) >= 11 is 1.42. The van der Waals surface area contributed by atoms with Crippen molar-refractivity contribution >= 4 is 38.4 Å². The molecule has 3 aromatic heterocycles. The van der Waals surface area contributed by atoms with E-state index in [0.717, 1.165) is 27.5 Å². The van der Waals surface area contributed by atoms with Crippen LogP contribution in [-0.2, 0) is 4.74 Å². The van der Waals surface area contributed by atoms with Crippen LogP contribution in [0.2, 0.25) is 0 Å². The molecule has 1 N–H and O–H groups in total. The topological polar surface area (TPSA) is 84.5 Å². The highest BCUT2D eigenvalue weighted by atomic mass is 32.1. The molecule has 0 aliphatic rings. The fraction of sp³-hybridized carbons (Fsp3) is 0.370. The number of carbonyl (C=O) groups excluding carboxylic acids is 1. The number of aromatic amines is 1. The van der Waals surface area contributed by atoms with E-state index in [0.29, 0.717) is 28.3 Å². The van der Waals surface area contributed by atoms with Gasteiger partial charge in [-0.3, -0.25) is 4.79 Å². The molecule has 184 valence electrons. The zero-order valence-electron chi connectivity index (χ0n) is 21.2. The second kappa shape index (κ2) is 9.34. The van der Waals surface area contributed by atoms with Gasteiger partial charge in [0.1, 0.15) is 10.3 Å². The predicted molar refractivity (Wildman–Crippen MR) is 142 cm³/mol. The number of H-pyrrole nitrogens is 1. The number of likely N-dealkylation sites (N-methyl/N-ethyl adjacent to an activating group) is 1. The van der Waals surface area contributed by atoms with Gasteiger partial charge in [0.25, 0.3) is 5.56 Å². The van der Waals surface area contributed by atoms with E-state index in [2.05, 4.69) is 29.0 Å². The number of hydrogen-bond donors (Lipinski definition) is 1. The fourth-order valence-electron chi connectivity index (χ4n) is 4.28. The smallest absolute Gasteiger partial charge is 0.410 e. The first-order valence-electron chi connectivity index (χ1n) is 11.5. The van der Waals surface area contributed by atoms with Crippen LogP contribution in [0.4, 0.5) is 4.79 Å². The maximum absolute atomic E-state index is 12.6. The van der Waals surface area contributed by atoms with Crippen molar-refractivity contribution in [2.24, 2.45) is 0 Å². The quantitative estimate of drug-likeness (QED) is 0.364. The van der Waals surface area contributed by atoms with Crippen molar-refractivity contribution in [1.29, 1.82) is 0 Å². The number of hydrogen-bond acceptors (Lipinski definition) is 6. The third kappa shape index (κ3) is 4.89. The number of aryl methyl sites for hydroxylation is 1. The largest absolute Gasteiger partial charge is 0.481 e. The van der Waals surface area contributed by atoms with Crippen LogP contribution in [0, 0.1) is 6.92 Å². The van der Waals surface area contributed by atoms with Gasteiger partial charge in [0.15, 0.2) is 0 Å². The van der Waals surface area contributed by atoms with Gasteiger partial charge in [0.2, 0.25) is 5.88 Å². The maximum atomic E-state index is 12.6. The van der Waals surface area contributed by atoms with Crippen molar-refractivity contribution in [3.8, 4) is 17.0 Å². The molecule has 0 fully saturated rings. The number of thiophene rings is 1. The number of nitrogens with zero attached hydrogens (tertiary/aromatic N) is 2.